The Hall–Kier alpha value is -3.32. The maximum atomic E-state index is 13.3. The lowest BCUT2D eigenvalue weighted by Crippen LogP contribution is -2.53. The third-order valence-electron chi connectivity index (χ3n) is 5.10. The van der Waals surface area contributed by atoms with Crippen LogP contribution in [0.25, 0.3) is 0 Å². The maximum Gasteiger partial charge on any atom is 0.416 e. The summed E-state index contributed by atoms with van der Waals surface area (Å²) in [6.07, 6.45) is -1.22. The van der Waals surface area contributed by atoms with Crippen LogP contribution in [-0.2, 0) is 15.8 Å². The number of nitrogens with zero attached hydrogens (tertiary/aromatic N) is 3. The van der Waals surface area contributed by atoms with Gasteiger partial charge in [-0.3, -0.25) is 14.6 Å². The van der Waals surface area contributed by atoms with Gasteiger partial charge in [0.05, 0.1) is 22.8 Å². The normalized spacial score (nSPS) is 16.2. The van der Waals surface area contributed by atoms with Crippen molar-refractivity contribution in [1.82, 2.24) is 14.9 Å². The van der Waals surface area contributed by atoms with Gasteiger partial charge in [-0.05, 0) is 50.6 Å². The monoisotopic (exact) mass is 449 g/mol. The van der Waals surface area contributed by atoms with E-state index in [0.29, 0.717) is 5.70 Å². The zero-order valence-electron chi connectivity index (χ0n) is 18.8. The topological polar surface area (TPSA) is 60.9 Å². The third kappa shape index (κ3) is 4.94. The largest absolute Gasteiger partial charge is 0.416 e. The first-order valence-corrected chi connectivity index (χ1v) is 9.91. The number of hydrogen-bond donors (Lipinski definition) is 0. The standard InChI is InChI=1S/C23H26F3N3O3/c1-14(2)29(21(31)16-8-10-17(11-9-16)23(24,25)26)28(6)22(32)18-12-7-15(3)20(27(4)5)19(18)13-30/h7-12,14,18H,1-6H3. The van der Waals surface area contributed by atoms with Gasteiger partial charge >= 0.3 is 6.18 Å². The van der Waals surface area contributed by atoms with Crippen LogP contribution in [0, 0.1) is 5.92 Å². The zero-order valence-corrected chi connectivity index (χ0v) is 18.8. The molecule has 1 aliphatic carbocycles. The Morgan fingerprint density at radius 1 is 1.06 bits per heavy atom. The summed E-state index contributed by atoms with van der Waals surface area (Å²) >= 11 is 0. The molecule has 0 N–H and O–H groups in total. The molecule has 0 saturated carbocycles. The summed E-state index contributed by atoms with van der Waals surface area (Å²) in [6.45, 7) is 5.16. The second-order valence-corrected chi connectivity index (χ2v) is 7.96. The number of benzene rings is 1. The molecule has 0 bridgehead atoms. The number of allylic oxidation sites excluding steroid dienone is 3. The van der Waals surface area contributed by atoms with E-state index in [1.807, 2.05) is 12.9 Å². The molecule has 2 amide bonds. The van der Waals surface area contributed by atoms with Crippen molar-refractivity contribution in [3.05, 3.63) is 64.4 Å². The molecule has 32 heavy (non-hydrogen) atoms. The Balaban J connectivity index is 2.37. The van der Waals surface area contributed by atoms with Crippen molar-refractivity contribution in [1.29, 1.82) is 0 Å². The molecule has 0 aliphatic heterocycles. The van der Waals surface area contributed by atoms with Crippen molar-refractivity contribution >= 4 is 17.8 Å². The van der Waals surface area contributed by atoms with Gasteiger partial charge in [0.15, 0.2) is 0 Å². The Kier molecular flexibility index (Phi) is 7.36. The van der Waals surface area contributed by atoms with Crippen LogP contribution in [0.5, 0.6) is 0 Å². The van der Waals surface area contributed by atoms with Gasteiger partial charge in [0.2, 0.25) is 0 Å². The summed E-state index contributed by atoms with van der Waals surface area (Å²) in [5.74, 6) is -0.278. The predicted octanol–water partition coefficient (Wildman–Crippen LogP) is 3.71. The van der Waals surface area contributed by atoms with Gasteiger partial charge in [0.1, 0.15) is 5.94 Å². The number of hydrazine groups is 1. The smallest absolute Gasteiger partial charge is 0.377 e. The fourth-order valence-corrected chi connectivity index (χ4v) is 3.65. The first-order valence-electron chi connectivity index (χ1n) is 9.91. The Bertz CT molecular complexity index is 1000. The van der Waals surface area contributed by atoms with Crippen LogP contribution in [0.15, 0.2) is 53.3 Å². The summed E-state index contributed by atoms with van der Waals surface area (Å²) in [7, 11) is 4.88. The lowest BCUT2D eigenvalue weighted by atomic mass is 9.88. The number of alkyl halides is 3. The number of likely N-dealkylation sites (N-methyl/N-ethyl adjacent to an activating group) is 1. The van der Waals surface area contributed by atoms with Gasteiger partial charge in [0, 0.05) is 32.7 Å². The summed E-state index contributed by atoms with van der Waals surface area (Å²) in [4.78, 5) is 39.8. The molecule has 2 rings (SSSR count). The second kappa shape index (κ2) is 9.44. The van der Waals surface area contributed by atoms with E-state index in [1.54, 1.807) is 45.0 Å². The Morgan fingerprint density at radius 3 is 2.06 bits per heavy atom. The second-order valence-electron chi connectivity index (χ2n) is 7.96. The van der Waals surface area contributed by atoms with Crippen LogP contribution in [0.1, 0.15) is 36.7 Å². The van der Waals surface area contributed by atoms with E-state index in [1.165, 1.54) is 7.05 Å². The zero-order chi connectivity index (χ0) is 24.4. The molecule has 0 aromatic heterocycles. The maximum absolute atomic E-state index is 13.3. The van der Waals surface area contributed by atoms with E-state index < -0.39 is 35.5 Å². The van der Waals surface area contributed by atoms with Crippen LogP contribution in [0.3, 0.4) is 0 Å². The van der Waals surface area contributed by atoms with E-state index in [2.05, 4.69) is 0 Å². The molecular weight excluding hydrogens is 423 g/mol. The summed E-state index contributed by atoms with van der Waals surface area (Å²) in [5, 5.41) is 2.26. The molecule has 0 radical (unpaired) electrons. The van der Waals surface area contributed by atoms with E-state index in [-0.39, 0.29) is 11.1 Å². The number of halogens is 3. The van der Waals surface area contributed by atoms with Gasteiger partial charge in [-0.15, -0.1) is 0 Å². The van der Waals surface area contributed by atoms with Gasteiger partial charge in [0.25, 0.3) is 11.8 Å². The van der Waals surface area contributed by atoms with E-state index in [4.69, 9.17) is 0 Å². The van der Waals surface area contributed by atoms with Crippen molar-refractivity contribution in [2.45, 2.75) is 33.0 Å². The molecule has 1 atom stereocenters. The molecule has 172 valence electrons. The average molecular weight is 449 g/mol. The highest BCUT2D eigenvalue weighted by Crippen LogP contribution is 2.31. The van der Waals surface area contributed by atoms with Crippen molar-refractivity contribution in [3.63, 3.8) is 0 Å². The lowest BCUT2D eigenvalue weighted by molar-refractivity contribution is -0.145. The van der Waals surface area contributed by atoms with Crippen molar-refractivity contribution < 1.29 is 27.6 Å². The highest BCUT2D eigenvalue weighted by atomic mass is 19.4. The minimum Gasteiger partial charge on any atom is -0.377 e. The minimum absolute atomic E-state index is 0.00131. The van der Waals surface area contributed by atoms with Crippen molar-refractivity contribution in [2.24, 2.45) is 5.92 Å². The van der Waals surface area contributed by atoms with Gasteiger partial charge < -0.3 is 4.90 Å². The van der Waals surface area contributed by atoms with Gasteiger partial charge in [-0.25, -0.2) is 9.80 Å². The molecule has 0 spiro atoms. The minimum atomic E-state index is -4.52. The van der Waals surface area contributed by atoms with Gasteiger partial charge in [-0.1, -0.05) is 12.2 Å². The van der Waals surface area contributed by atoms with Crippen LogP contribution in [0.2, 0.25) is 0 Å². The molecule has 0 fully saturated rings. The fraction of sp³-hybridized carbons (Fsp3) is 0.391. The van der Waals surface area contributed by atoms with Crippen LogP contribution in [0.4, 0.5) is 13.2 Å². The van der Waals surface area contributed by atoms with E-state index >= 15 is 0 Å². The number of hydrogen-bond acceptors (Lipinski definition) is 4. The molecule has 0 heterocycles. The molecule has 9 heteroatoms. The quantitative estimate of drug-likeness (QED) is 0.520. The number of amides is 2. The number of carbonyl (C=O) groups excluding carboxylic acids is 3. The van der Waals surface area contributed by atoms with Crippen molar-refractivity contribution in [3.8, 4) is 0 Å². The van der Waals surface area contributed by atoms with Crippen LogP contribution >= 0.6 is 0 Å². The van der Waals surface area contributed by atoms with Crippen LogP contribution < -0.4 is 0 Å². The summed E-state index contributed by atoms with van der Waals surface area (Å²) in [6, 6.07) is 3.31. The molecule has 1 aliphatic rings. The number of rotatable bonds is 4. The molecule has 1 aromatic carbocycles. The predicted molar refractivity (Wildman–Crippen MR) is 114 cm³/mol. The molecule has 1 aromatic rings. The van der Waals surface area contributed by atoms with E-state index in [9.17, 15) is 27.6 Å². The third-order valence-corrected chi connectivity index (χ3v) is 5.10. The first-order chi connectivity index (χ1) is 14.8. The Labute approximate surface area is 185 Å². The molecule has 6 nitrogen and oxygen atoms in total. The highest BCUT2D eigenvalue weighted by Gasteiger charge is 2.36. The van der Waals surface area contributed by atoms with Gasteiger partial charge in [-0.2, -0.15) is 13.2 Å². The first kappa shape index (κ1) is 24.9. The fourth-order valence-electron chi connectivity index (χ4n) is 3.65. The Morgan fingerprint density at radius 2 is 1.62 bits per heavy atom. The molecule has 1 unspecified atom stereocenters. The average Bonchev–Trinajstić information content (AvgIpc) is 2.71. The highest BCUT2D eigenvalue weighted by molar-refractivity contribution is 5.97. The van der Waals surface area contributed by atoms with Crippen LogP contribution in [-0.4, -0.2) is 59.9 Å². The van der Waals surface area contributed by atoms with Crippen molar-refractivity contribution in [2.75, 3.05) is 21.1 Å². The number of carbonyl (C=O) groups is 2. The van der Waals surface area contributed by atoms with E-state index in [0.717, 1.165) is 39.9 Å². The summed E-state index contributed by atoms with van der Waals surface area (Å²) < 4.78 is 38.5. The molecular formula is C23H26F3N3O3. The summed E-state index contributed by atoms with van der Waals surface area (Å²) in [5.41, 5.74) is 0.640. The SMILES string of the molecule is CC1=C(N(C)C)C(=C=O)C(C(=O)N(C)N(C(=O)c2ccc(C(F)(F)F)cc2)C(C)C)C=C1. The molecule has 0 saturated heterocycles. The lowest BCUT2D eigenvalue weighted by Gasteiger charge is -2.37.